The van der Waals surface area contributed by atoms with Crippen LogP contribution in [-0.4, -0.2) is 27.4 Å². The smallest absolute Gasteiger partial charge is 0.337 e. The van der Waals surface area contributed by atoms with Crippen molar-refractivity contribution in [3.63, 3.8) is 0 Å². The van der Waals surface area contributed by atoms with E-state index < -0.39 is 21.9 Å². The lowest BCUT2D eigenvalue weighted by molar-refractivity contribution is 0.0600. The maximum absolute atomic E-state index is 13.0. The van der Waals surface area contributed by atoms with Crippen molar-refractivity contribution in [3.8, 4) is 0 Å². The number of nitrogens with one attached hydrogen (secondary N) is 2. The molecule has 0 unspecified atom stereocenters. The summed E-state index contributed by atoms with van der Waals surface area (Å²) in [5, 5.41) is 2.76. The molecule has 32 heavy (non-hydrogen) atoms. The van der Waals surface area contributed by atoms with Gasteiger partial charge in [-0.3, -0.25) is 9.52 Å². The first kappa shape index (κ1) is 23.0. The Morgan fingerprint density at radius 3 is 2.28 bits per heavy atom. The van der Waals surface area contributed by atoms with Crippen LogP contribution in [0.4, 0.5) is 11.4 Å². The van der Waals surface area contributed by atoms with Gasteiger partial charge in [-0.15, -0.1) is 0 Å². The van der Waals surface area contributed by atoms with Crippen molar-refractivity contribution in [1.82, 2.24) is 0 Å². The third-order valence-electron chi connectivity index (χ3n) is 4.94. The molecule has 2 N–H and O–H groups in total. The van der Waals surface area contributed by atoms with Crippen LogP contribution in [0.15, 0.2) is 65.6 Å². The number of amides is 1. The number of sulfonamides is 1. The largest absolute Gasteiger partial charge is 0.465 e. The highest BCUT2D eigenvalue weighted by Crippen LogP contribution is 2.23. The minimum absolute atomic E-state index is 0.0326. The molecule has 0 aromatic heterocycles. The average molecular weight is 453 g/mol. The molecule has 0 spiro atoms. The maximum atomic E-state index is 13.0. The molecule has 166 valence electrons. The van der Waals surface area contributed by atoms with Crippen molar-refractivity contribution in [2.45, 2.75) is 25.7 Å². The molecule has 0 heterocycles. The fourth-order valence-electron chi connectivity index (χ4n) is 3.13. The zero-order chi connectivity index (χ0) is 23.5. The lowest BCUT2D eigenvalue weighted by Gasteiger charge is -2.13. The van der Waals surface area contributed by atoms with Gasteiger partial charge in [0.2, 0.25) is 0 Å². The Bertz CT molecular complexity index is 1300. The van der Waals surface area contributed by atoms with E-state index >= 15 is 0 Å². The number of benzene rings is 3. The van der Waals surface area contributed by atoms with E-state index in [9.17, 15) is 18.0 Å². The van der Waals surface area contributed by atoms with E-state index in [0.717, 1.165) is 11.1 Å². The van der Waals surface area contributed by atoms with E-state index in [1.54, 1.807) is 50.2 Å². The summed E-state index contributed by atoms with van der Waals surface area (Å²) >= 11 is 0. The van der Waals surface area contributed by atoms with E-state index in [-0.39, 0.29) is 10.5 Å². The van der Waals surface area contributed by atoms with Gasteiger partial charge in [0, 0.05) is 16.9 Å². The van der Waals surface area contributed by atoms with Crippen LogP contribution in [0.3, 0.4) is 0 Å². The van der Waals surface area contributed by atoms with Crippen LogP contribution in [0.5, 0.6) is 0 Å². The predicted octanol–water partition coefficient (Wildman–Crippen LogP) is 4.45. The first-order valence-electron chi connectivity index (χ1n) is 9.81. The van der Waals surface area contributed by atoms with Gasteiger partial charge in [-0.2, -0.15) is 0 Å². The second kappa shape index (κ2) is 9.23. The molecule has 0 bridgehead atoms. The van der Waals surface area contributed by atoms with Crippen molar-refractivity contribution >= 4 is 33.3 Å². The number of ether oxygens (including phenoxy) is 1. The van der Waals surface area contributed by atoms with E-state index in [0.29, 0.717) is 22.5 Å². The van der Waals surface area contributed by atoms with Crippen LogP contribution in [0.1, 0.15) is 37.4 Å². The molecular formula is C24H24N2O5S. The van der Waals surface area contributed by atoms with Gasteiger partial charge < -0.3 is 10.1 Å². The van der Waals surface area contributed by atoms with Crippen molar-refractivity contribution in [2.24, 2.45) is 0 Å². The quantitative estimate of drug-likeness (QED) is 0.538. The standard InChI is InChI=1S/C24H24N2O5S/c1-15-6-5-7-19(12-15)26-32(29,30)20-11-9-16(2)21(14-20)23(27)25-22-13-18(24(28)31-4)10-8-17(22)3/h5-14,26H,1-4H3,(H,25,27). The van der Waals surface area contributed by atoms with E-state index in [2.05, 4.69) is 10.0 Å². The molecule has 0 fully saturated rings. The monoisotopic (exact) mass is 452 g/mol. The van der Waals surface area contributed by atoms with Crippen molar-refractivity contribution in [2.75, 3.05) is 17.1 Å². The fraction of sp³-hybridized carbons (Fsp3) is 0.167. The molecular weight excluding hydrogens is 428 g/mol. The maximum Gasteiger partial charge on any atom is 0.337 e. The van der Waals surface area contributed by atoms with Gasteiger partial charge in [-0.05, 0) is 73.9 Å². The van der Waals surface area contributed by atoms with Crippen LogP contribution in [0.2, 0.25) is 0 Å². The number of hydrogen-bond acceptors (Lipinski definition) is 5. The lowest BCUT2D eigenvalue weighted by atomic mass is 10.1. The number of aryl methyl sites for hydroxylation is 3. The van der Waals surface area contributed by atoms with Gasteiger partial charge in [0.15, 0.2) is 0 Å². The molecule has 3 aromatic rings. The van der Waals surface area contributed by atoms with Crippen LogP contribution in [0, 0.1) is 20.8 Å². The summed E-state index contributed by atoms with van der Waals surface area (Å²) in [5.74, 6) is -1.01. The number of carbonyl (C=O) groups is 2. The summed E-state index contributed by atoms with van der Waals surface area (Å²) < 4.78 is 33.0. The molecule has 7 nitrogen and oxygen atoms in total. The Balaban J connectivity index is 1.90. The summed E-state index contributed by atoms with van der Waals surface area (Å²) in [6.07, 6.45) is 0. The molecule has 1 amide bonds. The second-order valence-corrected chi connectivity index (χ2v) is 9.11. The number of hydrogen-bond donors (Lipinski definition) is 2. The third-order valence-corrected chi connectivity index (χ3v) is 6.32. The van der Waals surface area contributed by atoms with Crippen LogP contribution >= 0.6 is 0 Å². The SMILES string of the molecule is COC(=O)c1ccc(C)c(NC(=O)c2cc(S(=O)(=O)Nc3cccc(C)c3)ccc2C)c1. The van der Waals surface area contributed by atoms with Crippen LogP contribution < -0.4 is 10.0 Å². The molecule has 0 atom stereocenters. The normalized spacial score (nSPS) is 11.0. The number of methoxy groups -OCH3 is 1. The molecule has 0 aliphatic heterocycles. The highest BCUT2D eigenvalue weighted by molar-refractivity contribution is 7.92. The number of carbonyl (C=O) groups excluding carboxylic acids is 2. The Hall–Kier alpha value is -3.65. The zero-order valence-corrected chi connectivity index (χ0v) is 19.0. The van der Waals surface area contributed by atoms with Gasteiger partial charge in [0.05, 0.1) is 17.6 Å². The van der Waals surface area contributed by atoms with Crippen LogP contribution in [0.25, 0.3) is 0 Å². The molecule has 0 aliphatic carbocycles. The Kier molecular flexibility index (Phi) is 6.64. The van der Waals surface area contributed by atoms with Crippen molar-refractivity contribution in [3.05, 3.63) is 88.5 Å². The topological polar surface area (TPSA) is 102 Å². The molecule has 3 aromatic carbocycles. The average Bonchev–Trinajstić information content (AvgIpc) is 2.74. The molecule has 3 rings (SSSR count). The number of esters is 1. The van der Waals surface area contributed by atoms with Gasteiger partial charge >= 0.3 is 5.97 Å². The molecule has 0 saturated heterocycles. The van der Waals surface area contributed by atoms with Gasteiger partial charge in [-0.25, -0.2) is 13.2 Å². The zero-order valence-electron chi connectivity index (χ0n) is 18.2. The van der Waals surface area contributed by atoms with E-state index in [1.165, 1.54) is 25.3 Å². The first-order valence-corrected chi connectivity index (χ1v) is 11.3. The van der Waals surface area contributed by atoms with E-state index in [4.69, 9.17) is 4.74 Å². The molecule has 8 heteroatoms. The summed E-state index contributed by atoms with van der Waals surface area (Å²) in [7, 11) is -2.62. The number of rotatable bonds is 6. The molecule has 0 saturated carbocycles. The Morgan fingerprint density at radius 2 is 1.59 bits per heavy atom. The van der Waals surface area contributed by atoms with Crippen molar-refractivity contribution < 1.29 is 22.7 Å². The molecule has 0 radical (unpaired) electrons. The number of anilines is 2. The van der Waals surface area contributed by atoms with Crippen molar-refractivity contribution in [1.29, 1.82) is 0 Å². The highest BCUT2D eigenvalue weighted by atomic mass is 32.2. The van der Waals surface area contributed by atoms with Gasteiger partial charge in [0.25, 0.3) is 15.9 Å². The second-order valence-electron chi connectivity index (χ2n) is 7.43. The predicted molar refractivity (Wildman–Crippen MR) is 124 cm³/mol. The van der Waals surface area contributed by atoms with E-state index in [1.807, 2.05) is 13.0 Å². The van der Waals surface area contributed by atoms with Gasteiger partial charge in [0.1, 0.15) is 0 Å². The fourth-order valence-corrected chi connectivity index (χ4v) is 4.20. The Labute approximate surface area is 187 Å². The summed E-state index contributed by atoms with van der Waals surface area (Å²) in [6, 6.07) is 16.2. The Morgan fingerprint density at radius 1 is 0.875 bits per heavy atom. The summed E-state index contributed by atoms with van der Waals surface area (Å²) in [4.78, 5) is 24.7. The summed E-state index contributed by atoms with van der Waals surface area (Å²) in [6.45, 7) is 5.37. The lowest BCUT2D eigenvalue weighted by Crippen LogP contribution is -2.18. The minimum Gasteiger partial charge on any atom is -0.465 e. The third kappa shape index (κ3) is 5.15. The minimum atomic E-state index is -3.90. The first-order chi connectivity index (χ1) is 15.1. The highest BCUT2D eigenvalue weighted by Gasteiger charge is 2.19. The van der Waals surface area contributed by atoms with Crippen LogP contribution in [-0.2, 0) is 14.8 Å². The molecule has 0 aliphatic rings. The summed E-state index contributed by atoms with van der Waals surface area (Å²) in [5.41, 5.74) is 3.64. The van der Waals surface area contributed by atoms with Gasteiger partial charge in [-0.1, -0.05) is 24.3 Å².